The van der Waals surface area contributed by atoms with Crippen LogP contribution in [0, 0.1) is 4.78 Å². The van der Waals surface area contributed by atoms with Gasteiger partial charge < -0.3 is 5.11 Å². The van der Waals surface area contributed by atoms with E-state index >= 15 is 0 Å². The lowest BCUT2D eigenvalue weighted by Gasteiger charge is -2.14. The molecule has 4 N–H and O–H groups in total. The van der Waals surface area contributed by atoms with Crippen LogP contribution in [0.25, 0.3) is 0 Å². The Balaban J connectivity index is 3.00. The molecule has 0 spiro atoms. The first kappa shape index (κ1) is 9.85. The molecule has 0 aliphatic rings. The third-order valence-corrected chi connectivity index (χ3v) is 3.60. The Bertz CT molecular complexity index is 301. The summed E-state index contributed by atoms with van der Waals surface area (Å²) in [5.41, 5.74) is 0.00593. The molecule has 1 aromatic rings. The normalized spacial score (nSPS) is 14.7. The van der Waals surface area contributed by atoms with Crippen molar-refractivity contribution in [3.63, 3.8) is 0 Å². The molecule has 1 heterocycles. The lowest BCUT2D eigenvalue weighted by Crippen LogP contribution is -2.14. The van der Waals surface area contributed by atoms with Gasteiger partial charge in [-0.05, 0) is 30.9 Å². The summed E-state index contributed by atoms with van der Waals surface area (Å²) in [5.74, 6) is 0. The van der Waals surface area contributed by atoms with Crippen molar-refractivity contribution >= 4 is 22.2 Å². The van der Waals surface area contributed by atoms with Crippen molar-refractivity contribution in [2.24, 2.45) is 5.14 Å². The van der Waals surface area contributed by atoms with Crippen molar-refractivity contribution in [1.29, 1.82) is 4.78 Å². The molecule has 0 aliphatic carbocycles. The van der Waals surface area contributed by atoms with E-state index in [9.17, 15) is 5.11 Å². The third kappa shape index (κ3) is 2.13. The SMILES string of the molecule is CC(C)(O)c1csc(S(=N)N)c1. The summed E-state index contributed by atoms with van der Waals surface area (Å²) in [6.07, 6.45) is 0. The highest BCUT2D eigenvalue weighted by Crippen LogP contribution is 2.26. The smallest absolute Gasteiger partial charge is 0.0854 e. The van der Waals surface area contributed by atoms with Gasteiger partial charge in [-0.1, -0.05) is 0 Å². The van der Waals surface area contributed by atoms with Crippen molar-refractivity contribution in [1.82, 2.24) is 0 Å². The average Bonchev–Trinajstić information content (AvgIpc) is 2.30. The third-order valence-electron chi connectivity index (χ3n) is 1.50. The van der Waals surface area contributed by atoms with E-state index in [1.54, 1.807) is 19.9 Å². The van der Waals surface area contributed by atoms with E-state index in [1.807, 2.05) is 5.38 Å². The quantitative estimate of drug-likeness (QED) is 0.684. The van der Waals surface area contributed by atoms with Gasteiger partial charge in [-0.3, -0.25) is 9.92 Å². The Morgan fingerprint density at radius 2 is 2.25 bits per heavy atom. The topological polar surface area (TPSA) is 70.1 Å². The zero-order valence-corrected chi connectivity index (χ0v) is 8.63. The Hall–Kier alpha value is -0.230. The first-order chi connectivity index (χ1) is 5.41. The Labute approximate surface area is 78.3 Å². The minimum absolute atomic E-state index is 0.812. The van der Waals surface area contributed by atoms with Crippen LogP contribution in [0.4, 0.5) is 0 Å². The molecule has 5 heteroatoms. The van der Waals surface area contributed by atoms with Crippen LogP contribution < -0.4 is 5.14 Å². The summed E-state index contributed by atoms with van der Waals surface area (Å²) in [4.78, 5) is 0. The Morgan fingerprint density at radius 1 is 1.67 bits per heavy atom. The highest BCUT2D eigenvalue weighted by molar-refractivity contribution is 7.86. The van der Waals surface area contributed by atoms with E-state index in [0.717, 1.165) is 9.77 Å². The fraction of sp³-hybridized carbons (Fsp3) is 0.429. The van der Waals surface area contributed by atoms with E-state index in [-0.39, 0.29) is 0 Å². The molecule has 0 bridgehead atoms. The van der Waals surface area contributed by atoms with Crippen LogP contribution in [0.2, 0.25) is 0 Å². The summed E-state index contributed by atoms with van der Waals surface area (Å²) < 4.78 is 8.08. The van der Waals surface area contributed by atoms with Crippen molar-refractivity contribution < 1.29 is 5.11 Å². The molecule has 0 amide bonds. The van der Waals surface area contributed by atoms with Crippen LogP contribution in [0.1, 0.15) is 19.4 Å². The van der Waals surface area contributed by atoms with Gasteiger partial charge in [-0.15, -0.1) is 11.3 Å². The number of aliphatic hydroxyl groups is 1. The highest BCUT2D eigenvalue weighted by atomic mass is 32.2. The molecule has 1 atom stereocenters. The van der Waals surface area contributed by atoms with Gasteiger partial charge in [0.1, 0.15) is 0 Å². The number of nitrogens with one attached hydrogen (secondary N) is 1. The molecule has 0 aliphatic heterocycles. The van der Waals surface area contributed by atoms with Crippen LogP contribution in [0.5, 0.6) is 0 Å². The highest BCUT2D eigenvalue weighted by Gasteiger charge is 2.17. The van der Waals surface area contributed by atoms with Gasteiger partial charge in [0.2, 0.25) is 0 Å². The second kappa shape index (κ2) is 3.26. The Morgan fingerprint density at radius 3 is 2.50 bits per heavy atom. The molecule has 0 aromatic carbocycles. The molecular formula is C7H12N2OS2. The maximum absolute atomic E-state index is 9.59. The van der Waals surface area contributed by atoms with Gasteiger partial charge >= 0.3 is 0 Å². The molecule has 68 valence electrons. The number of thiophene rings is 1. The first-order valence-corrected chi connectivity index (χ1v) is 5.59. The molecule has 3 nitrogen and oxygen atoms in total. The number of nitrogens with two attached hydrogens (primary N) is 1. The maximum Gasteiger partial charge on any atom is 0.0854 e. The number of rotatable bonds is 2. The lowest BCUT2D eigenvalue weighted by atomic mass is 10.0. The van der Waals surface area contributed by atoms with Gasteiger partial charge in [0.05, 0.1) is 9.81 Å². The van der Waals surface area contributed by atoms with E-state index in [0.29, 0.717) is 0 Å². The maximum atomic E-state index is 9.59. The molecule has 0 radical (unpaired) electrons. The molecule has 1 rings (SSSR count). The lowest BCUT2D eigenvalue weighted by molar-refractivity contribution is 0.0789. The largest absolute Gasteiger partial charge is 0.386 e. The van der Waals surface area contributed by atoms with Crippen molar-refractivity contribution in [2.45, 2.75) is 23.7 Å². The second-order valence-corrected chi connectivity index (χ2v) is 5.34. The summed E-state index contributed by atoms with van der Waals surface area (Å²) in [5, 5.41) is 16.8. The predicted octanol–water partition coefficient (Wildman–Crippen LogP) is 1.59. The van der Waals surface area contributed by atoms with Crippen molar-refractivity contribution in [3.8, 4) is 0 Å². The second-order valence-electron chi connectivity index (χ2n) is 3.05. The minimum Gasteiger partial charge on any atom is -0.386 e. The predicted molar refractivity (Wildman–Crippen MR) is 52.1 cm³/mol. The zero-order valence-electron chi connectivity index (χ0n) is 7.00. The number of hydrogen-bond acceptors (Lipinski definition) is 3. The van der Waals surface area contributed by atoms with Crippen LogP contribution in [-0.2, 0) is 16.5 Å². The zero-order chi connectivity index (χ0) is 9.35. The first-order valence-electron chi connectivity index (χ1n) is 3.42. The Kier molecular flexibility index (Phi) is 2.67. The van der Waals surface area contributed by atoms with E-state index in [2.05, 4.69) is 0 Å². The van der Waals surface area contributed by atoms with Crippen molar-refractivity contribution in [2.75, 3.05) is 0 Å². The van der Waals surface area contributed by atoms with Gasteiger partial charge in [0, 0.05) is 10.9 Å². The molecule has 0 fully saturated rings. The van der Waals surface area contributed by atoms with Gasteiger partial charge in [0.25, 0.3) is 0 Å². The molecule has 0 saturated heterocycles. The minimum atomic E-state index is -0.936. The molecule has 1 aromatic heterocycles. The summed E-state index contributed by atoms with van der Waals surface area (Å²) >= 11 is 1.42. The summed E-state index contributed by atoms with van der Waals surface area (Å²) in [6, 6.07) is 1.79. The summed E-state index contributed by atoms with van der Waals surface area (Å²) in [6.45, 7) is 3.44. The van der Waals surface area contributed by atoms with E-state index in [1.165, 1.54) is 11.3 Å². The molecule has 0 saturated carbocycles. The fourth-order valence-electron chi connectivity index (χ4n) is 0.753. The van der Waals surface area contributed by atoms with E-state index < -0.39 is 16.5 Å². The monoisotopic (exact) mass is 204 g/mol. The van der Waals surface area contributed by atoms with Crippen LogP contribution in [0.3, 0.4) is 0 Å². The molecular weight excluding hydrogens is 192 g/mol. The van der Waals surface area contributed by atoms with Crippen LogP contribution in [0.15, 0.2) is 15.7 Å². The fourth-order valence-corrected chi connectivity index (χ4v) is 2.36. The van der Waals surface area contributed by atoms with E-state index in [4.69, 9.17) is 9.92 Å². The van der Waals surface area contributed by atoms with Gasteiger partial charge in [-0.25, -0.2) is 0 Å². The molecule has 1 unspecified atom stereocenters. The standard InChI is InChI=1S/C7H12N2OS2/c1-7(2,10)5-3-6(11-4-5)12(8)9/h3-4,10H,1-2H3,(H3,8,9). The summed E-state index contributed by atoms with van der Waals surface area (Å²) in [7, 11) is -0.936. The van der Waals surface area contributed by atoms with Gasteiger partial charge in [-0.2, -0.15) is 0 Å². The van der Waals surface area contributed by atoms with Crippen LogP contribution in [-0.4, -0.2) is 5.11 Å². The molecule has 12 heavy (non-hydrogen) atoms. The van der Waals surface area contributed by atoms with Crippen LogP contribution >= 0.6 is 11.3 Å². The average molecular weight is 204 g/mol. The number of hydrogen-bond donors (Lipinski definition) is 3. The van der Waals surface area contributed by atoms with Crippen molar-refractivity contribution in [3.05, 3.63) is 17.0 Å². The van der Waals surface area contributed by atoms with Gasteiger partial charge in [0.15, 0.2) is 0 Å².